The van der Waals surface area contributed by atoms with Gasteiger partial charge in [0.15, 0.2) is 0 Å². The molecule has 0 fully saturated rings. The van der Waals surface area contributed by atoms with Crippen molar-refractivity contribution >= 4 is 40.3 Å². The highest BCUT2D eigenvalue weighted by molar-refractivity contribution is 7.80. The van der Waals surface area contributed by atoms with E-state index >= 15 is 0 Å². The number of methoxy groups -OCH3 is 1. The molecule has 0 aliphatic carbocycles. The topological polar surface area (TPSA) is 60.2 Å². The number of benzene rings is 1. The molecule has 2 aromatic rings. The zero-order valence-corrected chi connectivity index (χ0v) is 13.6. The molecule has 0 saturated carbocycles. The summed E-state index contributed by atoms with van der Waals surface area (Å²) in [5, 5.41) is 3.75. The fourth-order valence-corrected chi connectivity index (χ4v) is 2.52. The summed E-state index contributed by atoms with van der Waals surface area (Å²) in [5.74, 6) is 1.29. The van der Waals surface area contributed by atoms with Crippen LogP contribution in [0.25, 0.3) is 0 Å². The minimum absolute atomic E-state index is 0.293. The van der Waals surface area contributed by atoms with Crippen molar-refractivity contribution < 1.29 is 4.74 Å². The summed E-state index contributed by atoms with van der Waals surface area (Å²) in [6.45, 7) is 3.86. The van der Waals surface area contributed by atoms with Crippen LogP contribution >= 0.6 is 23.8 Å². The number of anilines is 2. The summed E-state index contributed by atoms with van der Waals surface area (Å²) >= 11 is 11.3. The lowest BCUT2D eigenvalue weighted by atomic mass is 10.1. The van der Waals surface area contributed by atoms with Crippen molar-refractivity contribution in [2.45, 2.75) is 13.8 Å². The van der Waals surface area contributed by atoms with Gasteiger partial charge in [0, 0.05) is 11.8 Å². The summed E-state index contributed by atoms with van der Waals surface area (Å²) < 4.78 is 5.20. The molecular weight excluding hydrogens is 306 g/mol. The molecule has 0 amide bonds. The number of hydrogen-bond donors (Lipinski definition) is 2. The van der Waals surface area contributed by atoms with Gasteiger partial charge in [0.2, 0.25) is 0 Å². The van der Waals surface area contributed by atoms with E-state index in [0.29, 0.717) is 27.3 Å². The number of nitrogens with two attached hydrogens (primary N) is 1. The molecule has 110 valence electrons. The monoisotopic (exact) mass is 321 g/mol. The highest BCUT2D eigenvalue weighted by Crippen LogP contribution is 2.31. The van der Waals surface area contributed by atoms with Crippen molar-refractivity contribution in [2.75, 3.05) is 12.4 Å². The van der Waals surface area contributed by atoms with Crippen LogP contribution in [-0.4, -0.2) is 17.1 Å². The van der Waals surface area contributed by atoms with Gasteiger partial charge in [-0.15, -0.1) is 0 Å². The predicted octanol–water partition coefficient (Wildman–Crippen LogP) is 3.74. The summed E-state index contributed by atoms with van der Waals surface area (Å²) in [6, 6.07) is 7.28. The van der Waals surface area contributed by atoms with Gasteiger partial charge in [-0.3, -0.25) is 0 Å². The van der Waals surface area contributed by atoms with Gasteiger partial charge in [0.1, 0.15) is 16.6 Å². The second-order valence-corrected chi connectivity index (χ2v) is 5.49. The summed E-state index contributed by atoms with van der Waals surface area (Å²) in [6.07, 6.45) is 0. The normalized spacial score (nSPS) is 10.3. The molecule has 3 N–H and O–H groups in total. The quantitative estimate of drug-likeness (QED) is 0.840. The van der Waals surface area contributed by atoms with Gasteiger partial charge < -0.3 is 15.8 Å². The van der Waals surface area contributed by atoms with Gasteiger partial charge in [0.25, 0.3) is 0 Å². The molecule has 1 aromatic heterocycles. The highest BCUT2D eigenvalue weighted by Gasteiger charge is 2.13. The lowest BCUT2D eigenvalue weighted by Crippen LogP contribution is -2.15. The Labute approximate surface area is 134 Å². The van der Waals surface area contributed by atoms with Crippen LogP contribution in [0.2, 0.25) is 5.02 Å². The molecule has 0 saturated heterocycles. The van der Waals surface area contributed by atoms with Crippen molar-refractivity contribution in [3.8, 4) is 5.75 Å². The first-order chi connectivity index (χ1) is 9.92. The highest BCUT2D eigenvalue weighted by atomic mass is 35.5. The van der Waals surface area contributed by atoms with E-state index in [9.17, 15) is 0 Å². The first-order valence-corrected chi connectivity index (χ1v) is 7.09. The van der Waals surface area contributed by atoms with Gasteiger partial charge >= 0.3 is 0 Å². The molecule has 0 bridgehead atoms. The molecule has 0 atom stereocenters. The Bertz CT molecular complexity index is 704. The Balaban J connectivity index is 2.51. The number of rotatable bonds is 4. The van der Waals surface area contributed by atoms with E-state index < -0.39 is 0 Å². The Hall–Kier alpha value is -1.85. The molecule has 0 radical (unpaired) electrons. The van der Waals surface area contributed by atoms with Gasteiger partial charge in [-0.05, 0) is 37.6 Å². The fraction of sp³-hybridized carbons (Fsp3) is 0.200. The minimum atomic E-state index is 0.293. The van der Waals surface area contributed by atoms with Crippen LogP contribution in [0.1, 0.15) is 16.8 Å². The van der Waals surface area contributed by atoms with E-state index in [1.54, 1.807) is 25.3 Å². The number of aromatic nitrogens is 1. The van der Waals surface area contributed by atoms with Crippen LogP contribution in [0.3, 0.4) is 0 Å². The SMILES string of the molecule is COc1ccc(Cl)c(Nc2nc(C)cc(C)c2C(N)=S)c1. The summed E-state index contributed by atoms with van der Waals surface area (Å²) in [4.78, 5) is 4.76. The number of ether oxygens (including phenoxy) is 1. The van der Waals surface area contributed by atoms with Crippen molar-refractivity contribution in [3.63, 3.8) is 0 Å². The largest absolute Gasteiger partial charge is 0.497 e. The Kier molecular flexibility index (Phi) is 4.65. The predicted molar refractivity (Wildman–Crippen MR) is 90.9 cm³/mol. The van der Waals surface area contributed by atoms with Gasteiger partial charge in [-0.25, -0.2) is 4.98 Å². The van der Waals surface area contributed by atoms with Crippen LogP contribution in [0.15, 0.2) is 24.3 Å². The smallest absolute Gasteiger partial charge is 0.141 e. The van der Waals surface area contributed by atoms with Gasteiger partial charge in [0.05, 0.1) is 23.4 Å². The molecule has 0 spiro atoms. The third-order valence-electron chi connectivity index (χ3n) is 3.02. The van der Waals surface area contributed by atoms with Crippen molar-refractivity contribution in [2.24, 2.45) is 5.73 Å². The zero-order valence-electron chi connectivity index (χ0n) is 12.0. The van der Waals surface area contributed by atoms with Gasteiger partial charge in [-0.1, -0.05) is 23.8 Å². The second kappa shape index (κ2) is 6.28. The van der Waals surface area contributed by atoms with Crippen LogP contribution in [0, 0.1) is 13.8 Å². The fourth-order valence-electron chi connectivity index (χ4n) is 2.09. The maximum Gasteiger partial charge on any atom is 0.141 e. The molecule has 2 rings (SSSR count). The zero-order chi connectivity index (χ0) is 15.6. The average Bonchev–Trinajstić information content (AvgIpc) is 2.40. The molecule has 1 heterocycles. The lowest BCUT2D eigenvalue weighted by molar-refractivity contribution is 0.415. The summed E-state index contributed by atoms with van der Waals surface area (Å²) in [5.41, 5.74) is 9.05. The third-order valence-corrected chi connectivity index (χ3v) is 3.55. The standard InChI is InChI=1S/C15H16ClN3OS/c1-8-6-9(2)18-15(13(8)14(17)21)19-12-7-10(20-3)4-5-11(12)16/h4-7H,1-3H3,(H2,17,21)(H,18,19). The Morgan fingerprint density at radius 1 is 1.33 bits per heavy atom. The van der Waals surface area contributed by atoms with E-state index in [4.69, 9.17) is 34.3 Å². The van der Waals surface area contributed by atoms with Gasteiger partial charge in [-0.2, -0.15) is 0 Å². The molecule has 0 unspecified atom stereocenters. The first kappa shape index (κ1) is 15.5. The van der Waals surface area contributed by atoms with E-state index in [0.717, 1.165) is 16.8 Å². The van der Waals surface area contributed by atoms with Crippen LogP contribution in [0.5, 0.6) is 5.75 Å². The molecule has 6 heteroatoms. The van der Waals surface area contributed by atoms with Crippen molar-refractivity contribution in [1.82, 2.24) is 4.98 Å². The molecule has 0 aliphatic heterocycles. The molecule has 0 aliphatic rings. The molecule has 4 nitrogen and oxygen atoms in total. The van der Waals surface area contributed by atoms with Crippen LogP contribution < -0.4 is 15.8 Å². The number of pyridine rings is 1. The number of halogens is 1. The maximum absolute atomic E-state index is 6.20. The lowest BCUT2D eigenvalue weighted by Gasteiger charge is -2.15. The van der Waals surface area contributed by atoms with E-state index in [2.05, 4.69) is 10.3 Å². The van der Waals surface area contributed by atoms with Crippen molar-refractivity contribution in [1.29, 1.82) is 0 Å². The third kappa shape index (κ3) is 3.43. The van der Waals surface area contributed by atoms with E-state index in [-0.39, 0.29) is 0 Å². The number of aryl methyl sites for hydroxylation is 2. The Morgan fingerprint density at radius 3 is 2.67 bits per heavy atom. The number of hydrogen-bond acceptors (Lipinski definition) is 4. The van der Waals surface area contributed by atoms with Crippen LogP contribution in [-0.2, 0) is 0 Å². The van der Waals surface area contributed by atoms with Crippen LogP contribution in [0.4, 0.5) is 11.5 Å². The van der Waals surface area contributed by atoms with Crippen molar-refractivity contribution in [3.05, 3.63) is 46.1 Å². The Morgan fingerprint density at radius 2 is 2.05 bits per heavy atom. The summed E-state index contributed by atoms with van der Waals surface area (Å²) in [7, 11) is 1.60. The number of thiocarbonyl (C=S) groups is 1. The molecule has 21 heavy (non-hydrogen) atoms. The number of nitrogens with one attached hydrogen (secondary N) is 1. The first-order valence-electron chi connectivity index (χ1n) is 6.31. The number of nitrogens with zero attached hydrogens (tertiary/aromatic N) is 1. The van der Waals surface area contributed by atoms with E-state index in [1.165, 1.54) is 0 Å². The van der Waals surface area contributed by atoms with E-state index in [1.807, 2.05) is 19.9 Å². The maximum atomic E-state index is 6.20. The molecular formula is C15H16ClN3OS. The average molecular weight is 322 g/mol. The second-order valence-electron chi connectivity index (χ2n) is 4.64. The molecule has 1 aromatic carbocycles. The minimum Gasteiger partial charge on any atom is -0.497 e.